The average Bonchev–Trinajstić information content (AvgIpc) is 3.39. The largest absolute Gasteiger partial charge is 0.444 e. The van der Waals surface area contributed by atoms with Crippen molar-refractivity contribution in [1.82, 2.24) is 19.6 Å². The third-order valence-electron chi connectivity index (χ3n) is 7.32. The zero-order chi connectivity index (χ0) is 24.7. The van der Waals surface area contributed by atoms with Gasteiger partial charge in [-0.2, -0.15) is 5.10 Å². The molecule has 0 saturated carbocycles. The van der Waals surface area contributed by atoms with Crippen LogP contribution in [-0.4, -0.2) is 70.7 Å². The number of carbonyl (C=O) groups is 1. The maximum atomic E-state index is 12.3. The van der Waals surface area contributed by atoms with Gasteiger partial charge in [0.25, 0.3) is 0 Å². The Morgan fingerprint density at radius 2 is 2.00 bits per heavy atom. The molecule has 2 aliphatic heterocycles. The maximum Gasteiger partial charge on any atom is 0.410 e. The topological polar surface area (TPSA) is 59.8 Å². The van der Waals surface area contributed by atoms with Crippen LogP contribution in [-0.2, 0) is 29.0 Å². The molecule has 1 spiro atoms. The highest BCUT2D eigenvalue weighted by atomic mass is 16.6. The zero-order valence-electron chi connectivity index (χ0n) is 22.4. The second kappa shape index (κ2) is 9.30. The first kappa shape index (κ1) is 25.2. The number of nitrogens with zero attached hydrogens (tertiary/aromatic N) is 4. The molecule has 3 aliphatic rings. The Balaban J connectivity index is 1.42. The first-order valence-corrected chi connectivity index (χ1v) is 12.9. The first-order chi connectivity index (χ1) is 15.9. The van der Waals surface area contributed by atoms with Gasteiger partial charge in [0.05, 0.1) is 17.9 Å². The Bertz CT molecular complexity index is 942. The standard InChI is InChI=1S/C27H44N4O3/c1-25(2,3)34-24(32)30(7)16-15-29(6)17-21-23(22-9-8-14-31(22)28-21)20-10-12-27(13-11-20)18-26(4,5)19-33-27/h10H,8-9,11-19H2,1-7H3. The van der Waals surface area contributed by atoms with Gasteiger partial charge in [-0.25, -0.2) is 4.79 Å². The van der Waals surface area contributed by atoms with Gasteiger partial charge < -0.3 is 14.4 Å². The number of aromatic nitrogens is 2. The second-order valence-corrected chi connectivity index (χ2v) is 12.5. The Kier molecular flexibility index (Phi) is 6.91. The predicted molar refractivity (Wildman–Crippen MR) is 135 cm³/mol. The van der Waals surface area contributed by atoms with E-state index in [0.29, 0.717) is 6.54 Å². The van der Waals surface area contributed by atoms with E-state index < -0.39 is 5.60 Å². The molecule has 7 heteroatoms. The summed E-state index contributed by atoms with van der Waals surface area (Å²) in [6.45, 7) is 14.4. The number of likely N-dealkylation sites (N-methyl/N-ethyl adjacent to an activating group) is 2. The molecule has 1 unspecified atom stereocenters. The number of allylic oxidation sites excluding steroid dienone is 1. The van der Waals surface area contributed by atoms with E-state index in [2.05, 4.69) is 36.6 Å². The van der Waals surface area contributed by atoms with E-state index >= 15 is 0 Å². The van der Waals surface area contributed by atoms with Crippen LogP contribution in [0.2, 0.25) is 0 Å². The van der Waals surface area contributed by atoms with Crippen LogP contribution in [0.1, 0.15) is 83.7 Å². The Morgan fingerprint density at radius 1 is 1.24 bits per heavy atom. The van der Waals surface area contributed by atoms with Gasteiger partial charge in [-0.05, 0) is 77.3 Å². The summed E-state index contributed by atoms with van der Waals surface area (Å²) in [5.41, 5.74) is 5.26. The van der Waals surface area contributed by atoms with Crippen molar-refractivity contribution in [1.29, 1.82) is 0 Å². The van der Waals surface area contributed by atoms with Crippen molar-refractivity contribution < 1.29 is 14.3 Å². The number of fused-ring (bicyclic) bond motifs is 1. The SMILES string of the molecule is CN(CCN(C)C(=O)OC(C)(C)C)Cc1nn2c(c1C1=CCC3(CC1)CC(C)(C)CO3)CCC2. The number of hydrogen-bond acceptors (Lipinski definition) is 5. The fraction of sp³-hybridized carbons (Fsp3) is 0.778. The average molecular weight is 473 g/mol. The summed E-state index contributed by atoms with van der Waals surface area (Å²) in [6.07, 6.45) is 8.78. The summed E-state index contributed by atoms with van der Waals surface area (Å²) in [7, 11) is 3.91. The molecule has 0 bridgehead atoms. The normalized spacial score (nSPS) is 23.9. The van der Waals surface area contributed by atoms with Crippen LogP contribution in [0, 0.1) is 5.41 Å². The number of ether oxygens (including phenoxy) is 2. The molecule has 1 aliphatic carbocycles. The van der Waals surface area contributed by atoms with E-state index in [1.165, 1.54) is 28.9 Å². The molecule has 1 saturated heterocycles. The van der Waals surface area contributed by atoms with Gasteiger partial charge in [0.15, 0.2) is 0 Å². The molecule has 4 rings (SSSR count). The number of aryl methyl sites for hydroxylation is 1. The summed E-state index contributed by atoms with van der Waals surface area (Å²) in [5.74, 6) is 0. The molecule has 1 amide bonds. The van der Waals surface area contributed by atoms with Crippen LogP contribution in [0.4, 0.5) is 4.79 Å². The molecule has 3 heterocycles. The minimum Gasteiger partial charge on any atom is -0.444 e. The highest BCUT2D eigenvalue weighted by molar-refractivity contribution is 5.71. The van der Waals surface area contributed by atoms with Crippen molar-refractivity contribution in [3.05, 3.63) is 23.0 Å². The third kappa shape index (κ3) is 5.68. The van der Waals surface area contributed by atoms with Crippen molar-refractivity contribution >= 4 is 11.7 Å². The van der Waals surface area contributed by atoms with Crippen LogP contribution in [0.3, 0.4) is 0 Å². The van der Waals surface area contributed by atoms with Gasteiger partial charge >= 0.3 is 6.09 Å². The highest BCUT2D eigenvalue weighted by Gasteiger charge is 2.45. The number of hydrogen-bond donors (Lipinski definition) is 0. The van der Waals surface area contributed by atoms with E-state index in [4.69, 9.17) is 14.6 Å². The van der Waals surface area contributed by atoms with E-state index in [9.17, 15) is 4.79 Å². The van der Waals surface area contributed by atoms with Crippen LogP contribution in [0.5, 0.6) is 0 Å². The summed E-state index contributed by atoms with van der Waals surface area (Å²) < 4.78 is 14.0. The minimum absolute atomic E-state index is 0.0343. The van der Waals surface area contributed by atoms with Crippen molar-refractivity contribution in [3.63, 3.8) is 0 Å². The lowest BCUT2D eigenvalue weighted by Gasteiger charge is -2.33. The quantitative estimate of drug-likeness (QED) is 0.591. The smallest absolute Gasteiger partial charge is 0.410 e. The molecule has 34 heavy (non-hydrogen) atoms. The lowest BCUT2D eigenvalue weighted by atomic mass is 9.76. The summed E-state index contributed by atoms with van der Waals surface area (Å²) in [6, 6.07) is 0. The Hall–Kier alpha value is -1.86. The van der Waals surface area contributed by atoms with E-state index in [0.717, 1.165) is 58.3 Å². The monoisotopic (exact) mass is 472 g/mol. The van der Waals surface area contributed by atoms with Gasteiger partial charge in [0.2, 0.25) is 0 Å². The molecule has 1 fully saturated rings. The van der Waals surface area contributed by atoms with Crippen LogP contribution in [0.25, 0.3) is 5.57 Å². The minimum atomic E-state index is -0.477. The van der Waals surface area contributed by atoms with Gasteiger partial charge in [-0.1, -0.05) is 19.9 Å². The predicted octanol–water partition coefficient (Wildman–Crippen LogP) is 4.88. The Labute approximate surface area is 205 Å². The molecule has 1 atom stereocenters. The Morgan fingerprint density at radius 3 is 2.62 bits per heavy atom. The van der Waals surface area contributed by atoms with E-state index in [-0.39, 0.29) is 17.1 Å². The molecule has 0 aromatic carbocycles. The third-order valence-corrected chi connectivity index (χ3v) is 7.32. The van der Waals surface area contributed by atoms with Crippen LogP contribution in [0.15, 0.2) is 6.08 Å². The van der Waals surface area contributed by atoms with Gasteiger partial charge in [0, 0.05) is 44.5 Å². The van der Waals surface area contributed by atoms with E-state index in [1.807, 2.05) is 20.8 Å². The fourth-order valence-electron chi connectivity index (χ4n) is 5.67. The van der Waals surface area contributed by atoms with Crippen LogP contribution < -0.4 is 0 Å². The molecule has 0 N–H and O–H groups in total. The number of amides is 1. The van der Waals surface area contributed by atoms with Crippen molar-refractivity contribution in [2.24, 2.45) is 5.41 Å². The summed E-state index contributed by atoms with van der Waals surface area (Å²) >= 11 is 0. The zero-order valence-corrected chi connectivity index (χ0v) is 22.4. The lowest BCUT2D eigenvalue weighted by Crippen LogP contribution is -2.38. The van der Waals surface area contributed by atoms with E-state index in [1.54, 1.807) is 11.9 Å². The van der Waals surface area contributed by atoms with Gasteiger partial charge in [0.1, 0.15) is 5.60 Å². The fourth-order valence-corrected chi connectivity index (χ4v) is 5.67. The van der Waals surface area contributed by atoms with Crippen molar-refractivity contribution in [2.75, 3.05) is 33.8 Å². The number of rotatable bonds is 6. The van der Waals surface area contributed by atoms with Crippen molar-refractivity contribution in [3.8, 4) is 0 Å². The summed E-state index contributed by atoms with van der Waals surface area (Å²) in [5, 5.41) is 5.03. The second-order valence-electron chi connectivity index (χ2n) is 12.5. The molecule has 7 nitrogen and oxygen atoms in total. The number of carbonyl (C=O) groups excluding carboxylic acids is 1. The molecule has 1 aromatic rings. The lowest BCUT2D eigenvalue weighted by molar-refractivity contribution is -0.00366. The first-order valence-electron chi connectivity index (χ1n) is 12.9. The maximum absolute atomic E-state index is 12.3. The molecule has 0 radical (unpaired) electrons. The van der Waals surface area contributed by atoms with Gasteiger partial charge in [-0.15, -0.1) is 0 Å². The molecule has 1 aromatic heterocycles. The highest BCUT2D eigenvalue weighted by Crippen LogP contribution is 2.48. The van der Waals surface area contributed by atoms with Gasteiger partial charge in [-0.3, -0.25) is 9.58 Å². The molecule has 190 valence electrons. The van der Waals surface area contributed by atoms with Crippen molar-refractivity contribution in [2.45, 2.75) is 97.4 Å². The summed E-state index contributed by atoms with van der Waals surface area (Å²) in [4.78, 5) is 16.2. The molecular formula is C27H44N4O3. The van der Waals surface area contributed by atoms with Crippen LogP contribution >= 0.6 is 0 Å². The molecular weight excluding hydrogens is 428 g/mol.